The van der Waals surface area contributed by atoms with Gasteiger partial charge in [0.1, 0.15) is 23.6 Å². The Morgan fingerprint density at radius 3 is 2.41 bits per heavy atom. The molecular formula is C29H40ClFN4O2. The number of piperazine rings is 1. The van der Waals surface area contributed by atoms with E-state index in [1.807, 2.05) is 26.8 Å². The first-order chi connectivity index (χ1) is 17.5. The van der Waals surface area contributed by atoms with E-state index in [-0.39, 0.29) is 16.9 Å². The normalized spacial score (nSPS) is 16.3. The van der Waals surface area contributed by atoms with E-state index in [1.54, 1.807) is 17.3 Å². The van der Waals surface area contributed by atoms with Crippen LogP contribution >= 0.6 is 11.6 Å². The summed E-state index contributed by atoms with van der Waals surface area (Å²) in [6, 6.07) is 4.95. The second-order valence-corrected chi connectivity index (χ2v) is 11.0. The van der Waals surface area contributed by atoms with Crippen molar-refractivity contribution in [2.24, 2.45) is 5.92 Å². The lowest BCUT2D eigenvalue weighted by atomic mass is 9.99. The van der Waals surface area contributed by atoms with Gasteiger partial charge in [0.25, 0.3) is 0 Å². The average Bonchev–Trinajstić information content (AvgIpc) is 3.68. The maximum atomic E-state index is 12.8. The lowest BCUT2D eigenvalue weighted by Gasteiger charge is -2.37. The first-order valence-corrected chi connectivity index (χ1v) is 13.6. The van der Waals surface area contributed by atoms with Crippen molar-refractivity contribution in [2.45, 2.75) is 72.8 Å². The second-order valence-electron chi connectivity index (χ2n) is 10.6. The van der Waals surface area contributed by atoms with Gasteiger partial charge in [0.2, 0.25) is 0 Å². The van der Waals surface area contributed by atoms with Gasteiger partial charge in [0.05, 0.1) is 10.7 Å². The quantitative estimate of drug-likeness (QED) is 0.413. The smallest absolute Gasteiger partial charge is 0.410 e. The summed E-state index contributed by atoms with van der Waals surface area (Å²) in [5.74, 6) is 1.32. The molecule has 1 aliphatic carbocycles. The second kappa shape index (κ2) is 12.7. The Kier molecular flexibility index (Phi) is 9.93. The summed E-state index contributed by atoms with van der Waals surface area (Å²) >= 11 is 5.51. The first kappa shape index (κ1) is 28.9. The lowest BCUT2D eigenvalue weighted by Crippen LogP contribution is -2.50. The van der Waals surface area contributed by atoms with E-state index in [4.69, 9.17) is 16.3 Å². The number of allylic oxidation sites excluding steroid dienone is 2. The Morgan fingerprint density at radius 2 is 1.86 bits per heavy atom. The van der Waals surface area contributed by atoms with Crippen molar-refractivity contribution in [3.8, 4) is 0 Å². The monoisotopic (exact) mass is 530 g/mol. The fourth-order valence-electron chi connectivity index (χ4n) is 4.43. The maximum Gasteiger partial charge on any atom is 0.410 e. The largest absolute Gasteiger partial charge is 0.444 e. The van der Waals surface area contributed by atoms with Crippen LogP contribution in [0.5, 0.6) is 0 Å². The molecule has 0 N–H and O–H groups in total. The molecule has 2 aliphatic rings. The van der Waals surface area contributed by atoms with E-state index in [9.17, 15) is 9.18 Å². The average molecular weight is 531 g/mol. The van der Waals surface area contributed by atoms with Crippen LogP contribution in [-0.2, 0) is 11.2 Å². The molecule has 0 radical (unpaired) electrons. The Labute approximate surface area is 225 Å². The van der Waals surface area contributed by atoms with Crippen LogP contribution in [-0.4, -0.2) is 52.7 Å². The Hall–Kier alpha value is -2.67. The number of ether oxygens (including phenoxy) is 1. The topological polar surface area (TPSA) is 58.6 Å². The fraction of sp³-hybridized carbons (Fsp3) is 0.552. The van der Waals surface area contributed by atoms with Crippen LogP contribution in [0.2, 0.25) is 5.02 Å². The Balaban J connectivity index is 0.000000289. The third-order valence-corrected chi connectivity index (χ3v) is 6.69. The summed E-state index contributed by atoms with van der Waals surface area (Å²) in [7, 11) is 0. The number of aryl methyl sites for hydroxylation is 2. The van der Waals surface area contributed by atoms with Crippen LogP contribution in [0.1, 0.15) is 70.7 Å². The SMILES string of the molecule is C/C=C(\c1c(C)ncnc1N1CCN(C(=O)OC(C)(C)C)CC1)C1CC1.CCCc1ccc(Cl)c(F)c1. The minimum atomic E-state index is -0.462. The molecule has 1 aromatic carbocycles. The van der Waals surface area contributed by atoms with E-state index in [1.165, 1.54) is 30.0 Å². The van der Waals surface area contributed by atoms with Gasteiger partial charge in [-0.05, 0) is 83.1 Å². The van der Waals surface area contributed by atoms with Crippen molar-refractivity contribution in [3.63, 3.8) is 0 Å². The van der Waals surface area contributed by atoms with Crippen molar-refractivity contribution in [1.82, 2.24) is 14.9 Å². The van der Waals surface area contributed by atoms with Crippen LogP contribution in [0.4, 0.5) is 15.0 Å². The van der Waals surface area contributed by atoms with Crippen molar-refractivity contribution in [2.75, 3.05) is 31.1 Å². The molecule has 1 aromatic heterocycles. The molecule has 1 saturated heterocycles. The van der Waals surface area contributed by atoms with Gasteiger partial charge in [-0.25, -0.2) is 19.2 Å². The zero-order valence-electron chi connectivity index (χ0n) is 23.0. The number of anilines is 1. The summed E-state index contributed by atoms with van der Waals surface area (Å²) in [4.78, 5) is 25.4. The molecule has 4 rings (SSSR count). The summed E-state index contributed by atoms with van der Waals surface area (Å²) in [6.45, 7) is 14.7. The van der Waals surface area contributed by atoms with Gasteiger partial charge in [-0.1, -0.05) is 37.1 Å². The molecule has 0 atom stereocenters. The summed E-state index contributed by atoms with van der Waals surface area (Å²) in [6.07, 6.45) is 8.07. The van der Waals surface area contributed by atoms with Crippen LogP contribution in [0, 0.1) is 18.7 Å². The number of benzene rings is 1. The highest BCUT2D eigenvalue weighted by Crippen LogP contribution is 2.44. The fourth-order valence-corrected chi connectivity index (χ4v) is 4.55. The Morgan fingerprint density at radius 1 is 1.19 bits per heavy atom. The number of nitrogens with zero attached hydrogens (tertiary/aromatic N) is 4. The summed E-state index contributed by atoms with van der Waals surface area (Å²) in [5, 5.41) is 0.199. The third kappa shape index (κ3) is 8.16. The van der Waals surface area contributed by atoms with Crippen LogP contribution < -0.4 is 4.90 Å². The molecule has 0 spiro atoms. The number of amides is 1. The number of hydrogen-bond acceptors (Lipinski definition) is 5. The van der Waals surface area contributed by atoms with Crippen molar-refractivity contribution in [3.05, 3.63) is 58.3 Å². The third-order valence-electron chi connectivity index (χ3n) is 6.39. The predicted molar refractivity (Wildman–Crippen MR) is 149 cm³/mol. The predicted octanol–water partition coefficient (Wildman–Crippen LogP) is 7.09. The van der Waals surface area contributed by atoms with Gasteiger partial charge in [-0.15, -0.1) is 0 Å². The first-order valence-electron chi connectivity index (χ1n) is 13.2. The van der Waals surface area contributed by atoms with E-state index < -0.39 is 5.60 Å². The number of halogens is 2. The van der Waals surface area contributed by atoms with Crippen LogP contribution in [0.3, 0.4) is 0 Å². The summed E-state index contributed by atoms with van der Waals surface area (Å²) < 4.78 is 18.3. The highest BCUT2D eigenvalue weighted by Gasteiger charge is 2.32. The number of carbonyl (C=O) groups excluding carboxylic acids is 1. The highest BCUT2D eigenvalue weighted by atomic mass is 35.5. The molecule has 2 heterocycles. The van der Waals surface area contributed by atoms with Crippen LogP contribution in [0.25, 0.3) is 5.57 Å². The molecule has 6 nitrogen and oxygen atoms in total. The molecule has 37 heavy (non-hydrogen) atoms. The molecule has 8 heteroatoms. The lowest BCUT2D eigenvalue weighted by molar-refractivity contribution is 0.0240. The molecule has 0 unspecified atom stereocenters. The minimum absolute atomic E-state index is 0.199. The maximum absolute atomic E-state index is 12.8. The molecular weight excluding hydrogens is 491 g/mol. The zero-order valence-corrected chi connectivity index (χ0v) is 23.7. The van der Waals surface area contributed by atoms with E-state index in [0.29, 0.717) is 19.0 Å². The van der Waals surface area contributed by atoms with Gasteiger partial charge in [0.15, 0.2) is 0 Å². The standard InChI is InChI=1S/C20H30N4O2.C9H10ClF/c1-6-16(15-7-8-15)17-14(2)21-13-22-18(17)23-9-11-24(12-10-23)19(25)26-20(3,4)5;1-2-3-7-4-5-8(10)9(11)6-7/h6,13,15H,7-12H2,1-5H3;4-6H,2-3H2,1H3/b16-6-;. The van der Waals surface area contributed by atoms with Gasteiger partial charge in [-0.2, -0.15) is 0 Å². The van der Waals surface area contributed by atoms with Crippen molar-refractivity contribution < 1.29 is 13.9 Å². The van der Waals surface area contributed by atoms with Crippen molar-refractivity contribution >= 4 is 29.1 Å². The number of rotatable bonds is 5. The number of carbonyl (C=O) groups is 1. The molecule has 2 fully saturated rings. The van der Waals surface area contributed by atoms with Crippen molar-refractivity contribution in [1.29, 1.82) is 0 Å². The summed E-state index contributed by atoms with van der Waals surface area (Å²) in [5.41, 5.74) is 4.13. The van der Waals surface area contributed by atoms with E-state index in [0.717, 1.165) is 43.0 Å². The zero-order chi connectivity index (χ0) is 27.2. The molecule has 1 amide bonds. The highest BCUT2D eigenvalue weighted by molar-refractivity contribution is 6.30. The molecule has 202 valence electrons. The molecule has 2 aromatic rings. The number of hydrogen-bond donors (Lipinski definition) is 0. The van der Waals surface area contributed by atoms with Gasteiger partial charge in [-0.3, -0.25) is 0 Å². The molecule has 1 aliphatic heterocycles. The van der Waals surface area contributed by atoms with Gasteiger partial charge in [0, 0.05) is 31.7 Å². The number of aromatic nitrogens is 2. The van der Waals surface area contributed by atoms with Gasteiger partial charge >= 0.3 is 6.09 Å². The van der Waals surface area contributed by atoms with Gasteiger partial charge < -0.3 is 14.5 Å². The molecule has 0 bridgehead atoms. The minimum Gasteiger partial charge on any atom is -0.444 e. The van der Waals surface area contributed by atoms with Crippen LogP contribution in [0.15, 0.2) is 30.6 Å². The van der Waals surface area contributed by atoms with E-state index in [2.05, 4.69) is 41.7 Å². The molecule has 1 saturated carbocycles. The van der Waals surface area contributed by atoms with E-state index >= 15 is 0 Å². The Bertz CT molecular complexity index is 1100.